The lowest BCUT2D eigenvalue weighted by Crippen LogP contribution is -2.08. The van der Waals surface area contributed by atoms with E-state index in [1.54, 1.807) is 22.3 Å². The van der Waals surface area contributed by atoms with Gasteiger partial charge in [0.2, 0.25) is 0 Å². The molecule has 0 aliphatic carbocycles. The van der Waals surface area contributed by atoms with Crippen LogP contribution in [0.3, 0.4) is 0 Å². The highest BCUT2D eigenvalue weighted by atomic mass is 31.1. The Morgan fingerprint density at radius 2 is 0.750 bits per heavy atom. The molecule has 0 atom stereocenters. The highest BCUT2D eigenvalue weighted by Gasteiger charge is 2.25. The van der Waals surface area contributed by atoms with Crippen LogP contribution < -0.4 is 0 Å². The first kappa shape index (κ1) is 33.0. The van der Waals surface area contributed by atoms with E-state index in [4.69, 9.17) is 0 Å². The monoisotopic (exact) mass is 574 g/mol. The minimum absolute atomic E-state index is 0.0216. The summed E-state index contributed by atoms with van der Waals surface area (Å²) in [6.07, 6.45) is 19.2. The second-order valence-electron chi connectivity index (χ2n) is 11.7. The zero-order valence-corrected chi connectivity index (χ0v) is 28.4. The Labute approximate surface area is 250 Å². The Hall–Kier alpha value is -1.48. The topological polar surface area (TPSA) is 0 Å². The number of benzene rings is 3. The van der Waals surface area contributed by atoms with Crippen molar-refractivity contribution in [3.63, 3.8) is 0 Å². The Morgan fingerprint density at radius 3 is 1.02 bits per heavy atom. The van der Waals surface area contributed by atoms with Crippen molar-refractivity contribution in [2.75, 3.05) is 24.6 Å². The molecule has 0 saturated heterocycles. The van der Waals surface area contributed by atoms with Crippen LogP contribution in [0.1, 0.15) is 101 Å². The minimum Gasteiger partial charge on any atom is -0.102 e. The first-order chi connectivity index (χ1) is 19.5. The van der Waals surface area contributed by atoms with Crippen LogP contribution in [0, 0.1) is 13.8 Å². The van der Waals surface area contributed by atoms with Gasteiger partial charge in [0.1, 0.15) is 0 Å². The molecule has 0 unspecified atom stereocenters. The summed E-state index contributed by atoms with van der Waals surface area (Å²) in [6.45, 7) is 14.4. The van der Waals surface area contributed by atoms with Crippen LogP contribution in [0.2, 0.25) is 0 Å². The van der Waals surface area contributed by atoms with Crippen LogP contribution in [0.4, 0.5) is 0 Å². The van der Waals surface area contributed by atoms with E-state index in [1.807, 2.05) is 0 Å². The normalized spacial score (nSPS) is 11.6. The maximum absolute atomic E-state index is 2.47. The molecule has 40 heavy (non-hydrogen) atoms. The van der Waals surface area contributed by atoms with E-state index in [1.165, 1.54) is 111 Å². The lowest BCUT2D eigenvalue weighted by Gasteiger charge is -2.29. The summed E-state index contributed by atoms with van der Waals surface area (Å²) < 4.78 is 0. The standard InChI is InChI=1S/C38H56P2/c1-7-11-25-39(26-12-8-2)29-35-31(5)37(33-21-17-15-18-22-33)38(34-23-19-16-20-24-34)32(6)36(35)30-40(27-13-9-3)28-14-10-4/h15-24H,7-14,25-30H2,1-6H3. The molecule has 0 radical (unpaired) electrons. The second-order valence-corrected chi connectivity index (χ2v) is 16.8. The van der Waals surface area contributed by atoms with E-state index >= 15 is 0 Å². The second kappa shape index (κ2) is 18.1. The van der Waals surface area contributed by atoms with Gasteiger partial charge < -0.3 is 0 Å². The van der Waals surface area contributed by atoms with Crippen molar-refractivity contribution >= 4 is 15.8 Å². The van der Waals surface area contributed by atoms with Crippen molar-refractivity contribution in [2.45, 2.75) is 105 Å². The van der Waals surface area contributed by atoms with Crippen molar-refractivity contribution in [1.29, 1.82) is 0 Å². The van der Waals surface area contributed by atoms with E-state index in [0.29, 0.717) is 0 Å². The van der Waals surface area contributed by atoms with E-state index < -0.39 is 0 Å². The van der Waals surface area contributed by atoms with Gasteiger partial charge in [-0.25, -0.2) is 0 Å². The molecular formula is C38H56P2. The number of hydrogen-bond acceptors (Lipinski definition) is 0. The maximum Gasteiger partial charge on any atom is -0.00673 e. The SMILES string of the molecule is CCCCP(CCCC)Cc1c(C)c(-c2ccccc2)c(-c2ccccc2)c(C)c1CP(CCCC)CCCC. The predicted octanol–water partition coefficient (Wildman–Crippen LogP) is 12.8. The molecule has 0 spiro atoms. The lowest BCUT2D eigenvalue weighted by molar-refractivity contribution is 0.863. The van der Waals surface area contributed by atoms with Crippen LogP contribution in [-0.4, -0.2) is 24.6 Å². The number of hydrogen-bond donors (Lipinski definition) is 0. The average molecular weight is 575 g/mol. The number of unbranched alkanes of at least 4 members (excludes halogenated alkanes) is 4. The van der Waals surface area contributed by atoms with Crippen LogP contribution >= 0.6 is 15.8 Å². The Bertz CT molecular complexity index is 1010. The average Bonchev–Trinajstić information content (AvgIpc) is 2.99. The molecule has 3 aromatic rings. The van der Waals surface area contributed by atoms with Crippen molar-refractivity contribution in [3.05, 3.63) is 82.9 Å². The van der Waals surface area contributed by atoms with Gasteiger partial charge in [0.15, 0.2) is 0 Å². The van der Waals surface area contributed by atoms with E-state index in [-0.39, 0.29) is 15.8 Å². The van der Waals surface area contributed by atoms with Gasteiger partial charge >= 0.3 is 0 Å². The zero-order chi connectivity index (χ0) is 28.7. The van der Waals surface area contributed by atoms with E-state index in [9.17, 15) is 0 Å². The smallest absolute Gasteiger partial charge is 0.00673 e. The van der Waals surface area contributed by atoms with E-state index in [2.05, 4.69) is 102 Å². The molecule has 2 heteroatoms. The summed E-state index contributed by atoms with van der Waals surface area (Å²) in [7, 11) is 0.0432. The summed E-state index contributed by atoms with van der Waals surface area (Å²) in [5.74, 6) is 0. The fourth-order valence-electron chi connectivity index (χ4n) is 6.00. The molecule has 0 fully saturated rings. The quantitative estimate of drug-likeness (QED) is 0.133. The van der Waals surface area contributed by atoms with Crippen LogP contribution in [-0.2, 0) is 12.3 Å². The lowest BCUT2D eigenvalue weighted by atomic mass is 9.83. The molecule has 0 amide bonds. The summed E-state index contributed by atoms with van der Waals surface area (Å²) >= 11 is 0. The van der Waals surface area contributed by atoms with Crippen molar-refractivity contribution in [3.8, 4) is 22.3 Å². The zero-order valence-electron chi connectivity index (χ0n) is 26.6. The third-order valence-electron chi connectivity index (χ3n) is 8.47. The van der Waals surface area contributed by atoms with Crippen LogP contribution in [0.15, 0.2) is 60.7 Å². The van der Waals surface area contributed by atoms with Gasteiger partial charge in [0.05, 0.1) is 0 Å². The van der Waals surface area contributed by atoms with Crippen LogP contribution in [0.25, 0.3) is 22.3 Å². The molecular weight excluding hydrogens is 518 g/mol. The van der Waals surface area contributed by atoms with Gasteiger partial charge in [-0.05, 0) is 121 Å². The Morgan fingerprint density at radius 1 is 0.450 bits per heavy atom. The van der Waals surface area contributed by atoms with Crippen molar-refractivity contribution in [2.24, 2.45) is 0 Å². The molecule has 3 rings (SSSR count). The van der Waals surface area contributed by atoms with Gasteiger partial charge in [-0.1, -0.05) is 114 Å². The largest absolute Gasteiger partial charge is 0.102 e. The summed E-state index contributed by atoms with van der Waals surface area (Å²) in [4.78, 5) is 0. The molecule has 0 nitrogen and oxygen atoms in total. The summed E-state index contributed by atoms with van der Waals surface area (Å²) in [5.41, 5.74) is 12.3. The molecule has 0 aromatic heterocycles. The van der Waals surface area contributed by atoms with Crippen LogP contribution in [0.5, 0.6) is 0 Å². The Kier molecular flexibility index (Phi) is 15.0. The van der Waals surface area contributed by atoms with Gasteiger partial charge in [-0.15, -0.1) is 15.8 Å². The molecule has 0 N–H and O–H groups in total. The molecule has 3 aromatic carbocycles. The maximum atomic E-state index is 2.47. The molecule has 0 bridgehead atoms. The van der Waals surface area contributed by atoms with E-state index in [0.717, 1.165) is 0 Å². The molecule has 0 aliphatic heterocycles. The third kappa shape index (κ3) is 9.27. The molecule has 0 aliphatic rings. The van der Waals surface area contributed by atoms with Gasteiger partial charge in [0, 0.05) is 0 Å². The van der Waals surface area contributed by atoms with Gasteiger partial charge in [-0.2, -0.15) is 0 Å². The minimum atomic E-state index is 0.0216. The predicted molar refractivity (Wildman–Crippen MR) is 187 cm³/mol. The highest BCUT2D eigenvalue weighted by molar-refractivity contribution is 7.57. The Balaban J connectivity index is 2.26. The summed E-state index contributed by atoms with van der Waals surface area (Å²) in [6, 6.07) is 22.5. The first-order valence-corrected chi connectivity index (χ1v) is 20.0. The number of rotatable bonds is 18. The summed E-state index contributed by atoms with van der Waals surface area (Å²) in [5, 5.41) is 0. The fourth-order valence-corrected chi connectivity index (χ4v) is 11.9. The molecule has 0 saturated carbocycles. The molecule has 218 valence electrons. The third-order valence-corrected chi connectivity index (χ3v) is 13.8. The molecule has 0 heterocycles. The van der Waals surface area contributed by atoms with Gasteiger partial charge in [-0.3, -0.25) is 0 Å². The van der Waals surface area contributed by atoms with Gasteiger partial charge in [0.25, 0.3) is 0 Å². The van der Waals surface area contributed by atoms with Crippen molar-refractivity contribution < 1.29 is 0 Å². The first-order valence-electron chi connectivity index (χ1n) is 16.3. The highest BCUT2D eigenvalue weighted by Crippen LogP contribution is 2.51. The van der Waals surface area contributed by atoms with Crippen molar-refractivity contribution in [1.82, 2.24) is 0 Å². The fraction of sp³-hybridized carbons (Fsp3) is 0.526.